The standard InChI is InChI=1S/C17H19F3N2O2S/c18-17(19,20)10-6-7-13-12(8-10)22-16(24)14(25-13)9-15(23)21-11-4-2-1-3-5-11/h6-8,11,14H,1-5,9H2,(H,21,23)(H,22,24)/t14-/m0/s1. The number of rotatable bonds is 3. The number of thioether (sulfide) groups is 1. The molecule has 4 nitrogen and oxygen atoms in total. The van der Waals surface area contributed by atoms with Gasteiger partial charge in [0.05, 0.1) is 16.5 Å². The van der Waals surface area contributed by atoms with Gasteiger partial charge in [-0.3, -0.25) is 9.59 Å². The first-order valence-corrected chi connectivity index (χ1v) is 9.19. The van der Waals surface area contributed by atoms with Crippen LogP contribution in [-0.2, 0) is 15.8 Å². The first kappa shape index (κ1) is 18.1. The van der Waals surface area contributed by atoms with E-state index in [0.29, 0.717) is 4.90 Å². The van der Waals surface area contributed by atoms with Crippen molar-refractivity contribution < 1.29 is 22.8 Å². The van der Waals surface area contributed by atoms with Crippen LogP contribution in [0.15, 0.2) is 23.1 Å². The third-order valence-corrected chi connectivity index (χ3v) is 5.74. The molecule has 136 valence electrons. The number of hydrogen-bond donors (Lipinski definition) is 2. The quantitative estimate of drug-likeness (QED) is 0.844. The Kier molecular flexibility index (Phi) is 5.27. The molecule has 1 aromatic carbocycles. The average molecular weight is 372 g/mol. The van der Waals surface area contributed by atoms with Gasteiger partial charge in [0.1, 0.15) is 0 Å². The van der Waals surface area contributed by atoms with Crippen molar-refractivity contribution in [3.05, 3.63) is 23.8 Å². The maximum Gasteiger partial charge on any atom is 0.416 e. The monoisotopic (exact) mass is 372 g/mol. The Balaban J connectivity index is 1.63. The normalized spacial score (nSPS) is 21.4. The highest BCUT2D eigenvalue weighted by Crippen LogP contribution is 2.40. The van der Waals surface area contributed by atoms with Crippen molar-refractivity contribution in [2.45, 2.75) is 60.9 Å². The topological polar surface area (TPSA) is 58.2 Å². The summed E-state index contributed by atoms with van der Waals surface area (Å²) in [4.78, 5) is 24.9. The summed E-state index contributed by atoms with van der Waals surface area (Å²) in [5, 5.41) is 4.82. The summed E-state index contributed by atoms with van der Waals surface area (Å²) in [7, 11) is 0. The molecule has 1 aliphatic heterocycles. The molecule has 1 fully saturated rings. The molecule has 1 heterocycles. The van der Waals surface area contributed by atoms with Gasteiger partial charge >= 0.3 is 6.18 Å². The number of hydrogen-bond acceptors (Lipinski definition) is 3. The number of fused-ring (bicyclic) bond motifs is 1. The minimum atomic E-state index is -4.46. The molecule has 0 spiro atoms. The third kappa shape index (κ3) is 4.48. The van der Waals surface area contributed by atoms with Crippen molar-refractivity contribution in [3.8, 4) is 0 Å². The van der Waals surface area contributed by atoms with Crippen LogP contribution < -0.4 is 10.6 Å². The molecule has 25 heavy (non-hydrogen) atoms. The molecule has 0 unspecified atom stereocenters. The molecular weight excluding hydrogens is 353 g/mol. The van der Waals surface area contributed by atoms with E-state index < -0.39 is 22.9 Å². The lowest BCUT2D eigenvalue weighted by molar-refractivity contribution is -0.137. The summed E-state index contributed by atoms with van der Waals surface area (Å²) in [5.74, 6) is -0.620. The smallest absolute Gasteiger partial charge is 0.353 e. The molecule has 1 atom stereocenters. The van der Waals surface area contributed by atoms with Gasteiger partial charge < -0.3 is 10.6 Å². The molecule has 8 heteroatoms. The van der Waals surface area contributed by atoms with Gasteiger partial charge in [0.15, 0.2) is 0 Å². The fraction of sp³-hybridized carbons (Fsp3) is 0.529. The summed E-state index contributed by atoms with van der Waals surface area (Å²) in [6.45, 7) is 0. The molecule has 0 aromatic heterocycles. The van der Waals surface area contributed by atoms with E-state index in [1.165, 1.54) is 12.5 Å². The van der Waals surface area contributed by atoms with Gasteiger partial charge in [-0.1, -0.05) is 19.3 Å². The molecule has 3 rings (SSSR count). The Morgan fingerprint density at radius 3 is 2.64 bits per heavy atom. The Bertz CT molecular complexity index is 672. The van der Waals surface area contributed by atoms with Crippen LogP contribution in [0.25, 0.3) is 0 Å². The predicted octanol–water partition coefficient (Wildman–Crippen LogP) is 3.96. The number of carbonyl (C=O) groups excluding carboxylic acids is 2. The Morgan fingerprint density at radius 2 is 1.96 bits per heavy atom. The van der Waals surface area contributed by atoms with Gasteiger partial charge in [0, 0.05) is 17.4 Å². The highest BCUT2D eigenvalue weighted by molar-refractivity contribution is 8.01. The predicted molar refractivity (Wildman–Crippen MR) is 89.4 cm³/mol. The van der Waals surface area contributed by atoms with E-state index in [-0.39, 0.29) is 24.1 Å². The molecule has 1 saturated carbocycles. The minimum absolute atomic E-state index is 0.0213. The van der Waals surface area contributed by atoms with Gasteiger partial charge in [-0.05, 0) is 31.0 Å². The first-order valence-electron chi connectivity index (χ1n) is 8.31. The second kappa shape index (κ2) is 7.27. The Labute approximate surface area is 147 Å². The fourth-order valence-corrected chi connectivity index (χ4v) is 4.25. The zero-order valence-electron chi connectivity index (χ0n) is 13.5. The van der Waals surface area contributed by atoms with Crippen molar-refractivity contribution in [2.75, 3.05) is 5.32 Å². The summed E-state index contributed by atoms with van der Waals surface area (Å²) >= 11 is 1.13. The lowest BCUT2D eigenvalue weighted by atomic mass is 9.95. The number of anilines is 1. The minimum Gasteiger partial charge on any atom is -0.353 e. The summed E-state index contributed by atoms with van der Waals surface area (Å²) in [5.41, 5.74) is -0.658. The van der Waals surface area contributed by atoms with Crippen LogP contribution in [-0.4, -0.2) is 23.1 Å². The number of benzene rings is 1. The van der Waals surface area contributed by atoms with Crippen LogP contribution >= 0.6 is 11.8 Å². The molecule has 0 bridgehead atoms. The number of alkyl halides is 3. The van der Waals surface area contributed by atoms with Gasteiger partial charge in [0.2, 0.25) is 11.8 Å². The molecule has 0 radical (unpaired) electrons. The maximum absolute atomic E-state index is 12.8. The van der Waals surface area contributed by atoms with Gasteiger partial charge in [0.25, 0.3) is 0 Å². The van der Waals surface area contributed by atoms with Gasteiger partial charge in [-0.2, -0.15) is 13.2 Å². The van der Waals surface area contributed by atoms with Crippen molar-refractivity contribution >= 4 is 29.3 Å². The van der Waals surface area contributed by atoms with E-state index in [2.05, 4.69) is 10.6 Å². The molecule has 2 N–H and O–H groups in total. The van der Waals surface area contributed by atoms with E-state index in [9.17, 15) is 22.8 Å². The van der Waals surface area contributed by atoms with E-state index in [1.54, 1.807) is 0 Å². The molecule has 2 aliphatic rings. The van der Waals surface area contributed by atoms with E-state index in [1.807, 2.05) is 0 Å². The average Bonchev–Trinajstić information content (AvgIpc) is 2.55. The highest BCUT2D eigenvalue weighted by Gasteiger charge is 2.34. The van der Waals surface area contributed by atoms with Crippen LogP contribution in [0.5, 0.6) is 0 Å². The van der Waals surface area contributed by atoms with E-state index >= 15 is 0 Å². The number of amides is 2. The van der Waals surface area contributed by atoms with Crippen molar-refractivity contribution in [3.63, 3.8) is 0 Å². The van der Waals surface area contributed by atoms with Crippen molar-refractivity contribution in [1.82, 2.24) is 5.32 Å². The maximum atomic E-state index is 12.8. The first-order chi connectivity index (χ1) is 11.8. The third-order valence-electron chi connectivity index (χ3n) is 4.47. The zero-order valence-corrected chi connectivity index (χ0v) is 14.3. The Morgan fingerprint density at radius 1 is 1.24 bits per heavy atom. The van der Waals surface area contributed by atoms with Crippen LogP contribution in [0.1, 0.15) is 44.1 Å². The van der Waals surface area contributed by atoms with E-state index in [0.717, 1.165) is 49.6 Å². The number of nitrogens with one attached hydrogen (secondary N) is 2. The largest absolute Gasteiger partial charge is 0.416 e. The number of carbonyl (C=O) groups is 2. The molecule has 1 aliphatic carbocycles. The summed E-state index contributed by atoms with van der Waals surface area (Å²) < 4.78 is 38.3. The van der Waals surface area contributed by atoms with Crippen LogP contribution in [0.3, 0.4) is 0 Å². The second-order valence-corrected chi connectivity index (χ2v) is 7.66. The zero-order chi connectivity index (χ0) is 18.0. The summed E-state index contributed by atoms with van der Waals surface area (Å²) in [6, 6.07) is 3.43. The Hall–Kier alpha value is -1.70. The lowest BCUT2D eigenvalue weighted by Gasteiger charge is -2.26. The van der Waals surface area contributed by atoms with E-state index in [4.69, 9.17) is 0 Å². The van der Waals surface area contributed by atoms with Gasteiger partial charge in [-0.25, -0.2) is 0 Å². The molecule has 2 amide bonds. The number of halogens is 3. The molecule has 1 aromatic rings. The van der Waals surface area contributed by atoms with Crippen LogP contribution in [0, 0.1) is 0 Å². The van der Waals surface area contributed by atoms with Crippen LogP contribution in [0.2, 0.25) is 0 Å². The SMILES string of the molecule is O=C(C[C@@H]1Sc2ccc(C(F)(F)F)cc2NC1=O)NC1CCCCC1. The second-order valence-electron chi connectivity index (χ2n) is 6.41. The van der Waals surface area contributed by atoms with Crippen molar-refractivity contribution in [2.24, 2.45) is 0 Å². The molecule has 0 saturated heterocycles. The highest BCUT2D eigenvalue weighted by atomic mass is 32.2. The molecular formula is C17H19F3N2O2S. The lowest BCUT2D eigenvalue weighted by Crippen LogP contribution is -2.40. The van der Waals surface area contributed by atoms with Crippen LogP contribution in [0.4, 0.5) is 18.9 Å². The van der Waals surface area contributed by atoms with Crippen molar-refractivity contribution in [1.29, 1.82) is 0 Å². The summed E-state index contributed by atoms with van der Waals surface area (Å²) in [6.07, 6.45) is 0.854. The fourth-order valence-electron chi connectivity index (χ4n) is 3.16. The van der Waals surface area contributed by atoms with Gasteiger partial charge in [-0.15, -0.1) is 11.8 Å².